The maximum atomic E-state index is 13.2. The molecule has 0 saturated carbocycles. The maximum Gasteiger partial charge on any atom is 0.268 e. The lowest BCUT2D eigenvalue weighted by Gasteiger charge is -2.07. The van der Waals surface area contributed by atoms with Crippen molar-refractivity contribution in [1.29, 1.82) is 0 Å². The highest BCUT2D eigenvalue weighted by atomic mass is 32.2. The van der Waals surface area contributed by atoms with Crippen molar-refractivity contribution in [1.82, 2.24) is 3.97 Å². The average Bonchev–Trinajstić information content (AvgIpc) is 3.08. The van der Waals surface area contributed by atoms with E-state index in [1.54, 1.807) is 42.5 Å². The minimum atomic E-state index is -3.79. The van der Waals surface area contributed by atoms with E-state index in [2.05, 4.69) is 5.32 Å². The first-order valence-corrected chi connectivity index (χ1v) is 10.7. The molecular formula is C23H20N2O3S. The van der Waals surface area contributed by atoms with Crippen LogP contribution in [-0.4, -0.2) is 18.3 Å². The highest BCUT2D eigenvalue weighted by Gasteiger charge is 2.21. The number of carbonyl (C=O) groups is 1. The molecule has 0 saturated heterocycles. The Morgan fingerprint density at radius 3 is 2.28 bits per heavy atom. The molecule has 4 aromatic rings. The standard InChI is InChI=1S/C23H20N2O3S/c1-17-11-13-19(14-12-17)29(27,28)25-16-21(20-9-5-6-10-22(20)25)24-23(26)15-18-7-3-2-4-8-18/h2-14,16H,15H2,1H3,(H,24,26). The fourth-order valence-corrected chi connectivity index (χ4v) is 4.62. The zero-order valence-electron chi connectivity index (χ0n) is 15.9. The molecule has 0 unspecified atom stereocenters. The molecule has 0 aliphatic carbocycles. The number of hydrogen-bond acceptors (Lipinski definition) is 3. The number of amides is 1. The lowest BCUT2D eigenvalue weighted by Crippen LogP contribution is -2.14. The second-order valence-corrected chi connectivity index (χ2v) is 8.70. The van der Waals surface area contributed by atoms with E-state index >= 15 is 0 Å². The number of benzene rings is 3. The number of carbonyl (C=O) groups excluding carboxylic acids is 1. The van der Waals surface area contributed by atoms with E-state index in [0.29, 0.717) is 16.6 Å². The number of nitrogens with zero attached hydrogens (tertiary/aromatic N) is 1. The van der Waals surface area contributed by atoms with Crippen molar-refractivity contribution in [3.63, 3.8) is 0 Å². The smallest absolute Gasteiger partial charge is 0.268 e. The van der Waals surface area contributed by atoms with Crippen LogP contribution in [-0.2, 0) is 21.2 Å². The minimum Gasteiger partial charge on any atom is -0.324 e. The molecule has 3 aromatic carbocycles. The van der Waals surface area contributed by atoms with Gasteiger partial charge in [-0.2, -0.15) is 0 Å². The molecule has 29 heavy (non-hydrogen) atoms. The number of aryl methyl sites for hydroxylation is 1. The summed E-state index contributed by atoms with van der Waals surface area (Å²) in [5, 5.41) is 3.53. The van der Waals surface area contributed by atoms with E-state index in [1.807, 2.05) is 43.3 Å². The Morgan fingerprint density at radius 1 is 0.897 bits per heavy atom. The molecule has 4 rings (SSSR count). The van der Waals surface area contributed by atoms with Gasteiger partial charge >= 0.3 is 0 Å². The van der Waals surface area contributed by atoms with Crippen LogP contribution >= 0.6 is 0 Å². The molecule has 0 aliphatic heterocycles. The van der Waals surface area contributed by atoms with Crippen LogP contribution in [0.3, 0.4) is 0 Å². The summed E-state index contributed by atoms with van der Waals surface area (Å²) in [5.41, 5.74) is 2.86. The van der Waals surface area contributed by atoms with Crippen LogP contribution in [0.15, 0.2) is 90.0 Å². The van der Waals surface area contributed by atoms with E-state index in [9.17, 15) is 13.2 Å². The van der Waals surface area contributed by atoms with Gasteiger partial charge in [0.15, 0.2) is 0 Å². The van der Waals surface area contributed by atoms with Crippen LogP contribution in [0.25, 0.3) is 10.9 Å². The van der Waals surface area contributed by atoms with Crippen molar-refractivity contribution < 1.29 is 13.2 Å². The summed E-state index contributed by atoms with van der Waals surface area (Å²) in [4.78, 5) is 12.7. The van der Waals surface area contributed by atoms with E-state index < -0.39 is 10.0 Å². The molecule has 1 heterocycles. The first kappa shape index (κ1) is 19.0. The third-order valence-corrected chi connectivity index (χ3v) is 6.43. The average molecular weight is 404 g/mol. The Balaban J connectivity index is 1.72. The van der Waals surface area contributed by atoms with Gasteiger partial charge in [0.1, 0.15) is 0 Å². The third-order valence-electron chi connectivity index (χ3n) is 4.74. The molecule has 1 amide bonds. The number of nitrogens with one attached hydrogen (secondary N) is 1. The van der Waals surface area contributed by atoms with Crippen LogP contribution < -0.4 is 5.32 Å². The van der Waals surface area contributed by atoms with Gasteiger partial charge in [-0.15, -0.1) is 0 Å². The molecule has 6 heteroatoms. The Labute approximate surface area is 169 Å². The van der Waals surface area contributed by atoms with Gasteiger partial charge in [-0.05, 0) is 30.7 Å². The maximum absolute atomic E-state index is 13.2. The molecule has 0 aliphatic rings. The van der Waals surface area contributed by atoms with Crippen molar-refractivity contribution in [2.24, 2.45) is 0 Å². The van der Waals surface area contributed by atoms with Crippen LogP contribution in [0.5, 0.6) is 0 Å². The third kappa shape index (κ3) is 3.79. The highest BCUT2D eigenvalue weighted by Crippen LogP contribution is 2.29. The Bertz CT molecular complexity index is 1270. The molecule has 5 nitrogen and oxygen atoms in total. The number of para-hydroxylation sites is 1. The quantitative estimate of drug-likeness (QED) is 0.537. The molecular weight excluding hydrogens is 384 g/mol. The van der Waals surface area contributed by atoms with Crippen molar-refractivity contribution in [2.75, 3.05) is 5.32 Å². The number of fused-ring (bicyclic) bond motifs is 1. The van der Waals surface area contributed by atoms with Gasteiger partial charge in [0.2, 0.25) is 5.91 Å². The Hall–Kier alpha value is -3.38. The second kappa shape index (κ2) is 7.56. The largest absolute Gasteiger partial charge is 0.324 e. The topological polar surface area (TPSA) is 68.2 Å². The van der Waals surface area contributed by atoms with Gasteiger partial charge in [-0.25, -0.2) is 12.4 Å². The zero-order chi connectivity index (χ0) is 20.4. The predicted molar refractivity (Wildman–Crippen MR) is 114 cm³/mol. The molecule has 0 spiro atoms. The summed E-state index contributed by atoms with van der Waals surface area (Å²) in [5.74, 6) is -0.202. The van der Waals surface area contributed by atoms with E-state index in [-0.39, 0.29) is 17.2 Å². The van der Waals surface area contributed by atoms with Gasteiger partial charge < -0.3 is 5.32 Å². The normalized spacial score (nSPS) is 11.5. The molecule has 1 N–H and O–H groups in total. The first-order chi connectivity index (χ1) is 13.9. The number of aromatic nitrogens is 1. The van der Waals surface area contributed by atoms with Crippen molar-refractivity contribution in [2.45, 2.75) is 18.2 Å². The monoisotopic (exact) mass is 404 g/mol. The molecule has 1 aromatic heterocycles. The van der Waals surface area contributed by atoms with Gasteiger partial charge in [-0.1, -0.05) is 66.2 Å². The van der Waals surface area contributed by atoms with Crippen LogP contribution in [0.2, 0.25) is 0 Å². The lowest BCUT2D eigenvalue weighted by molar-refractivity contribution is -0.115. The van der Waals surface area contributed by atoms with Crippen LogP contribution in [0, 0.1) is 6.92 Å². The van der Waals surface area contributed by atoms with E-state index in [1.165, 1.54) is 10.2 Å². The minimum absolute atomic E-state index is 0.200. The summed E-state index contributed by atoms with van der Waals surface area (Å²) in [6.07, 6.45) is 1.69. The summed E-state index contributed by atoms with van der Waals surface area (Å²) in [7, 11) is -3.79. The van der Waals surface area contributed by atoms with Gasteiger partial charge in [-0.3, -0.25) is 4.79 Å². The first-order valence-electron chi connectivity index (χ1n) is 9.21. The molecule has 146 valence electrons. The number of anilines is 1. The lowest BCUT2D eigenvalue weighted by atomic mass is 10.1. The summed E-state index contributed by atoms with van der Waals surface area (Å²) < 4.78 is 27.6. The number of rotatable bonds is 5. The molecule has 0 radical (unpaired) electrons. The summed E-state index contributed by atoms with van der Waals surface area (Å²) in [6.45, 7) is 1.90. The van der Waals surface area contributed by atoms with Crippen LogP contribution in [0.1, 0.15) is 11.1 Å². The molecule has 0 bridgehead atoms. The summed E-state index contributed by atoms with van der Waals surface area (Å²) >= 11 is 0. The number of hydrogen-bond donors (Lipinski definition) is 1. The molecule has 0 atom stereocenters. The van der Waals surface area contributed by atoms with Crippen LogP contribution in [0.4, 0.5) is 5.69 Å². The zero-order valence-corrected chi connectivity index (χ0v) is 16.7. The van der Waals surface area contributed by atoms with Crippen molar-refractivity contribution in [3.05, 3.63) is 96.2 Å². The van der Waals surface area contributed by atoms with Gasteiger partial charge in [0.25, 0.3) is 10.0 Å². The van der Waals surface area contributed by atoms with Gasteiger partial charge in [0, 0.05) is 11.6 Å². The molecule has 0 fully saturated rings. The highest BCUT2D eigenvalue weighted by molar-refractivity contribution is 7.90. The SMILES string of the molecule is Cc1ccc(S(=O)(=O)n2cc(NC(=O)Cc3ccccc3)c3ccccc32)cc1. The van der Waals surface area contributed by atoms with E-state index in [4.69, 9.17) is 0 Å². The predicted octanol–water partition coefficient (Wildman–Crippen LogP) is 4.37. The fraction of sp³-hybridized carbons (Fsp3) is 0.0870. The van der Waals surface area contributed by atoms with Gasteiger partial charge in [0.05, 0.1) is 22.5 Å². The second-order valence-electron chi connectivity index (χ2n) is 6.88. The van der Waals surface area contributed by atoms with Crippen molar-refractivity contribution in [3.8, 4) is 0 Å². The van der Waals surface area contributed by atoms with Crippen molar-refractivity contribution >= 4 is 32.5 Å². The Kier molecular flexibility index (Phi) is 4.94. The van der Waals surface area contributed by atoms with E-state index in [0.717, 1.165) is 11.1 Å². The Morgan fingerprint density at radius 2 is 1.55 bits per heavy atom. The fourth-order valence-electron chi connectivity index (χ4n) is 3.25. The summed E-state index contributed by atoms with van der Waals surface area (Å²) in [6, 6.07) is 23.2.